The molecule has 0 unspecified atom stereocenters. The van der Waals surface area contributed by atoms with Crippen LogP contribution >= 0.6 is 11.8 Å². The second kappa shape index (κ2) is 11.2. The van der Waals surface area contributed by atoms with Gasteiger partial charge in [-0.1, -0.05) is 88.3 Å². The molecule has 1 heterocycles. The lowest BCUT2D eigenvalue weighted by molar-refractivity contribution is 0.573. The van der Waals surface area contributed by atoms with E-state index >= 15 is 0 Å². The van der Waals surface area contributed by atoms with Crippen molar-refractivity contribution in [3.8, 4) is 5.69 Å². The second-order valence-electron chi connectivity index (χ2n) is 5.89. The summed E-state index contributed by atoms with van der Waals surface area (Å²) in [6.07, 6.45) is 12.2. The second-order valence-corrected chi connectivity index (χ2v) is 6.95. The van der Waals surface area contributed by atoms with Gasteiger partial charge in [-0.15, -0.1) is 5.10 Å². The molecule has 0 aliphatic rings. The van der Waals surface area contributed by atoms with Gasteiger partial charge in [0, 0.05) is 5.75 Å². The number of aromatic nitrogens is 4. The molecule has 0 amide bonds. The van der Waals surface area contributed by atoms with E-state index in [4.69, 9.17) is 0 Å². The Morgan fingerprint density at radius 3 is 2.22 bits per heavy atom. The minimum atomic E-state index is 0.885. The summed E-state index contributed by atoms with van der Waals surface area (Å²) in [5.74, 6) is 1.09. The van der Waals surface area contributed by atoms with Gasteiger partial charge in [-0.25, -0.2) is 0 Å². The van der Waals surface area contributed by atoms with E-state index in [2.05, 4.69) is 22.4 Å². The molecule has 2 rings (SSSR count). The summed E-state index contributed by atoms with van der Waals surface area (Å²) < 4.78 is 1.82. The largest absolute Gasteiger partial charge is 0.214 e. The molecule has 0 saturated heterocycles. The number of unbranched alkanes of at least 4 members (excludes halogenated alkanes) is 8. The van der Waals surface area contributed by atoms with E-state index in [0.29, 0.717) is 0 Å². The van der Waals surface area contributed by atoms with Crippen molar-refractivity contribution in [2.24, 2.45) is 0 Å². The molecule has 5 heteroatoms. The van der Waals surface area contributed by atoms with Gasteiger partial charge in [-0.3, -0.25) is 0 Å². The van der Waals surface area contributed by atoms with E-state index in [9.17, 15) is 0 Å². The first-order chi connectivity index (χ1) is 11.4. The fourth-order valence-corrected chi connectivity index (χ4v) is 3.47. The molecule has 0 atom stereocenters. The Balaban J connectivity index is 1.58. The van der Waals surface area contributed by atoms with Gasteiger partial charge in [-0.2, -0.15) is 4.68 Å². The lowest BCUT2D eigenvalue weighted by Gasteiger charge is -2.04. The fourth-order valence-electron chi connectivity index (χ4n) is 2.58. The minimum Gasteiger partial charge on any atom is -0.188 e. The highest BCUT2D eigenvalue weighted by molar-refractivity contribution is 7.99. The zero-order chi connectivity index (χ0) is 16.2. The van der Waals surface area contributed by atoms with Gasteiger partial charge in [0.05, 0.1) is 5.69 Å². The monoisotopic (exact) mass is 332 g/mol. The number of rotatable bonds is 12. The number of hydrogen-bond acceptors (Lipinski definition) is 4. The zero-order valence-corrected chi connectivity index (χ0v) is 15.0. The summed E-state index contributed by atoms with van der Waals surface area (Å²) in [6, 6.07) is 10.1. The van der Waals surface area contributed by atoms with E-state index in [1.807, 2.05) is 35.0 Å². The third kappa shape index (κ3) is 6.73. The standard InChI is InChI=1S/C18H28N4S/c1-2-3-4-5-6-7-8-9-13-16-23-18-19-20-21-22(18)17-14-11-10-12-15-17/h10-12,14-15H,2-9,13,16H2,1H3. The van der Waals surface area contributed by atoms with E-state index < -0.39 is 0 Å². The van der Waals surface area contributed by atoms with Crippen LogP contribution in [0.15, 0.2) is 35.5 Å². The molecule has 0 aliphatic heterocycles. The van der Waals surface area contributed by atoms with E-state index in [-0.39, 0.29) is 0 Å². The van der Waals surface area contributed by atoms with Crippen LogP contribution in [-0.2, 0) is 0 Å². The molecule has 0 radical (unpaired) electrons. The molecule has 4 nitrogen and oxygen atoms in total. The zero-order valence-electron chi connectivity index (χ0n) is 14.2. The molecule has 126 valence electrons. The minimum absolute atomic E-state index is 0.885. The maximum absolute atomic E-state index is 4.13. The Morgan fingerprint density at radius 1 is 0.870 bits per heavy atom. The van der Waals surface area contributed by atoms with Crippen molar-refractivity contribution in [2.45, 2.75) is 69.9 Å². The third-order valence-corrected chi connectivity index (χ3v) is 4.93. The Morgan fingerprint density at radius 2 is 1.52 bits per heavy atom. The van der Waals surface area contributed by atoms with E-state index in [0.717, 1.165) is 16.6 Å². The Hall–Kier alpha value is -1.36. The maximum atomic E-state index is 4.13. The first-order valence-electron chi connectivity index (χ1n) is 8.88. The molecule has 1 aromatic carbocycles. The molecular weight excluding hydrogens is 304 g/mol. The van der Waals surface area contributed by atoms with Crippen LogP contribution in [0.4, 0.5) is 0 Å². The molecule has 0 aliphatic carbocycles. The van der Waals surface area contributed by atoms with Gasteiger partial charge in [0.15, 0.2) is 0 Å². The Kier molecular flexibility index (Phi) is 8.77. The highest BCUT2D eigenvalue weighted by Crippen LogP contribution is 2.20. The number of tetrazole rings is 1. The van der Waals surface area contributed by atoms with Gasteiger partial charge >= 0.3 is 0 Å². The fraction of sp³-hybridized carbons (Fsp3) is 0.611. The van der Waals surface area contributed by atoms with Crippen molar-refractivity contribution in [3.63, 3.8) is 0 Å². The van der Waals surface area contributed by atoms with E-state index in [1.54, 1.807) is 11.8 Å². The van der Waals surface area contributed by atoms with E-state index in [1.165, 1.54) is 57.8 Å². The molecule has 2 aromatic rings. The van der Waals surface area contributed by atoms with Crippen LogP contribution in [0.2, 0.25) is 0 Å². The lowest BCUT2D eigenvalue weighted by atomic mass is 10.1. The van der Waals surface area contributed by atoms with Crippen molar-refractivity contribution >= 4 is 11.8 Å². The van der Waals surface area contributed by atoms with Crippen LogP contribution in [-0.4, -0.2) is 26.0 Å². The highest BCUT2D eigenvalue weighted by Gasteiger charge is 2.07. The third-order valence-electron chi connectivity index (χ3n) is 3.92. The van der Waals surface area contributed by atoms with Crippen molar-refractivity contribution in [2.75, 3.05) is 5.75 Å². The molecule has 0 bridgehead atoms. The topological polar surface area (TPSA) is 43.6 Å². The van der Waals surface area contributed by atoms with Crippen LogP contribution in [0.25, 0.3) is 5.69 Å². The van der Waals surface area contributed by atoms with Gasteiger partial charge < -0.3 is 0 Å². The first kappa shape index (κ1) is 18.0. The smallest absolute Gasteiger partial charge is 0.188 e. The average molecular weight is 333 g/mol. The summed E-state index contributed by atoms with van der Waals surface area (Å²) in [5, 5.41) is 12.9. The maximum Gasteiger partial charge on any atom is 0.214 e. The van der Waals surface area contributed by atoms with Gasteiger partial charge in [0.1, 0.15) is 0 Å². The van der Waals surface area contributed by atoms with Crippen LogP contribution in [0, 0.1) is 0 Å². The number of nitrogens with zero attached hydrogens (tertiary/aromatic N) is 4. The molecule has 0 spiro atoms. The molecule has 0 N–H and O–H groups in total. The molecule has 0 saturated carbocycles. The van der Waals surface area contributed by atoms with Crippen LogP contribution in [0.1, 0.15) is 64.7 Å². The number of thioether (sulfide) groups is 1. The normalized spacial score (nSPS) is 11.0. The number of para-hydroxylation sites is 1. The summed E-state index contributed by atoms with van der Waals surface area (Å²) >= 11 is 1.75. The quantitative estimate of drug-likeness (QED) is 0.391. The van der Waals surface area contributed by atoms with Crippen LogP contribution < -0.4 is 0 Å². The van der Waals surface area contributed by atoms with Crippen LogP contribution in [0.5, 0.6) is 0 Å². The van der Waals surface area contributed by atoms with Gasteiger partial charge in [-0.05, 0) is 29.0 Å². The summed E-state index contributed by atoms with van der Waals surface area (Å²) in [6.45, 7) is 2.27. The Bertz CT molecular complexity index is 527. The summed E-state index contributed by atoms with van der Waals surface area (Å²) in [5.41, 5.74) is 1.02. The SMILES string of the molecule is CCCCCCCCCCCSc1nnnn1-c1ccccc1. The first-order valence-corrected chi connectivity index (χ1v) is 9.87. The van der Waals surface area contributed by atoms with Gasteiger partial charge in [0.25, 0.3) is 0 Å². The molecular formula is C18H28N4S. The average Bonchev–Trinajstić information content (AvgIpc) is 3.06. The molecule has 1 aromatic heterocycles. The summed E-state index contributed by atoms with van der Waals surface area (Å²) in [4.78, 5) is 0. The Labute approximate surface area is 144 Å². The van der Waals surface area contributed by atoms with Crippen LogP contribution in [0.3, 0.4) is 0 Å². The van der Waals surface area contributed by atoms with Crippen molar-refractivity contribution in [1.82, 2.24) is 20.2 Å². The number of benzene rings is 1. The number of hydrogen-bond donors (Lipinski definition) is 0. The lowest BCUT2D eigenvalue weighted by Crippen LogP contribution is -1.98. The summed E-state index contributed by atoms with van der Waals surface area (Å²) in [7, 11) is 0. The molecule has 0 fully saturated rings. The highest BCUT2D eigenvalue weighted by atomic mass is 32.2. The molecule has 23 heavy (non-hydrogen) atoms. The van der Waals surface area contributed by atoms with Crippen molar-refractivity contribution in [3.05, 3.63) is 30.3 Å². The predicted molar refractivity (Wildman–Crippen MR) is 97.1 cm³/mol. The predicted octanol–water partition coefficient (Wildman–Crippen LogP) is 5.29. The van der Waals surface area contributed by atoms with Crippen molar-refractivity contribution in [1.29, 1.82) is 0 Å². The van der Waals surface area contributed by atoms with Crippen molar-refractivity contribution < 1.29 is 0 Å². The van der Waals surface area contributed by atoms with Gasteiger partial charge in [0.2, 0.25) is 5.16 Å².